The topological polar surface area (TPSA) is 200 Å². The summed E-state index contributed by atoms with van der Waals surface area (Å²) in [5.41, 5.74) is 2.70. The fourth-order valence-electron chi connectivity index (χ4n) is 5.95. The Morgan fingerprint density at radius 1 is 1.15 bits per heavy atom. The number of ether oxygens (including phenoxy) is 4. The SMILES string of the molecule is C=C[C@H]1[C@H](O[C@@H]2O[C@H](CO)[C@@H](O)[C@H](O)[C@H]2O)OC=C(C(=O)OC)[C@H]1C[C@H]1N[C@H](C(=O)O)Cc2c1[nH]c1ccccc21. The van der Waals surface area contributed by atoms with Gasteiger partial charge in [-0.1, -0.05) is 24.3 Å². The van der Waals surface area contributed by atoms with Crippen molar-refractivity contribution >= 4 is 22.8 Å². The molecule has 0 amide bonds. The van der Waals surface area contributed by atoms with E-state index >= 15 is 0 Å². The molecular formula is C28H34N2O11. The van der Waals surface area contributed by atoms with Crippen molar-refractivity contribution in [1.29, 1.82) is 0 Å². The van der Waals surface area contributed by atoms with E-state index in [1.165, 1.54) is 19.4 Å². The molecule has 13 heteroatoms. The van der Waals surface area contributed by atoms with Crippen molar-refractivity contribution in [2.45, 2.75) is 61.9 Å². The summed E-state index contributed by atoms with van der Waals surface area (Å²) in [7, 11) is 1.23. The smallest absolute Gasteiger partial charge is 0.337 e. The molecule has 0 spiro atoms. The fraction of sp³-hybridized carbons (Fsp3) is 0.500. The molecule has 0 radical (unpaired) electrons. The Hall–Kier alpha value is -3.30. The normalized spacial score (nSPS) is 35.2. The third-order valence-corrected chi connectivity index (χ3v) is 8.11. The number of para-hydroxylation sites is 1. The van der Waals surface area contributed by atoms with Gasteiger partial charge >= 0.3 is 11.9 Å². The van der Waals surface area contributed by atoms with Gasteiger partial charge in [0.1, 0.15) is 30.5 Å². The molecule has 7 N–H and O–H groups in total. The molecular weight excluding hydrogens is 540 g/mol. The number of rotatable bonds is 8. The highest BCUT2D eigenvalue weighted by Gasteiger charge is 2.48. The number of carboxylic acids is 1. The number of aliphatic hydroxyl groups excluding tert-OH is 4. The van der Waals surface area contributed by atoms with Gasteiger partial charge in [-0.25, -0.2) is 4.79 Å². The quantitative estimate of drug-likeness (QED) is 0.163. The number of fused-ring (bicyclic) bond motifs is 3. The zero-order valence-electron chi connectivity index (χ0n) is 22.3. The van der Waals surface area contributed by atoms with Crippen molar-refractivity contribution in [3.05, 3.63) is 60.0 Å². The lowest BCUT2D eigenvalue weighted by Crippen LogP contribution is -2.60. The Bertz CT molecular complexity index is 1320. The molecule has 1 aromatic heterocycles. The van der Waals surface area contributed by atoms with Gasteiger partial charge in [-0.2, -0.15) is 0 Å². The second-order valence-corrected chi connectivity index (χ2v) is 10.4. The number of aromatic nitrogens is 1. The number of H-pyrrole nitrogens is 1. The minimum Gasteiger partial charge on any atom is -0.480 e. The predicted octanol–water partition coefficient (Wildman–Crippen LogP) is -0.154. The van der Waals surface area contributed by atoms with Crippen LogP contribution in [0.1, 0.15) is 23.7 Å². The van der Waals surface area contributed by atoms with Crippen LogP contribution in [0.2, 0.25) is 0 Å². The number of aliphatic hydroxyl groups is 4. The Morgan fingerprint density at radius 3 is 2.59 bits per heavy atom. The number of aromatic amines is 1. The first kappa shape index (κ1) is 29.2. The largest absolute Gasteiger partial charge is 0.480 e. The second-order valence-electron chi connectivity index (χ2n) is 10.4. The molecule has 3 aliphatic heterocycles. The predicted molar refractivity (Wildman–Crippen MR) is 141 cm³/mol. The zero-order valence-corrected chi connectivity index (χ0v) is 22.3. The number of carbonyl (C=O) groups excluding carboxylic acids is 1. The molecule has 2 aromatic rings. The number of hydrogen-bond donors (Lipinski definition) is 7. The molecule has 4 heterocycles. The molecule has 10 atom stereocenters. The Morgan fingerprint density at radius 2 is 1.90 bits per heavy atom. The Balaban J connectivity index is 1.47. The number of aliphatic carboxylic acids is 1. The molecule has 1 fully saturated rings. The van der Waals surface area contributed by atoms with Crippen LogP contribution in [-0.4, -0.2) is 99.2 Å². The van der Waals surface area contributed by atoms with E-state index in [-0.39, 0.29) is 18.4 Å². The number of methoxy groups -OCH3 is 1. The lowest BCUT2D eigenvalue weighted by molar-refractivity contribution is -0.339. The van der Waals surface area contributed by atoms with Gasteiger partial charge in [-0.05, 0) is 18.1 Å². The first-order chi connectivity index (χ1) is 19.7. The summed E-state index contributed by atoms with van der Waals surface area (Å²) >= 11 is 0. The lowest BCUT2D eigenvalue weighted by Gasteiger charge is -2.43. The van der Waals surface area contributed by atoms with Gasteiger partial charge in [0.25, 0.3) is 0 Å². The van der Waals surface area contributed by atoms with Crippen LogP contribution in [-0.2, 0) is 35.0 Å². The number of carbonyl (C=O) groups is 2. The van der Waals surface area contributed by atoms with Crippen LogP contribution in [0.25, 0.3) is 10.9 Å². The summed E-state index contributed by atoms with van der Waals surface area (Å²) < 4.78 is 22.1. The van der Waals surface area contributed by atoms with E-state index in [0.29, 0.717) is 0 Å². The van der Waals surface area contributed by atoms with Gasteiger partial charge < -0.3 is 49.5 Å². The molecule has 13 nitrogen and oxygen atoms in total. The maximum atomic E-state index is 12.8. The summed E-state index contributed by atoms with van der Waals surface area (Å²) in [6, 6.07) is 6.20. The highest BCUT2D eigenvalue weighted by Crippen LogP contribution is 2.42. The minimum absolute atomic E-state index is 0.169. The van der Waals surface area contributed by atoms with E-state index in [1.54, 1.807) is 0 Å². The fourth-order valence-corrected chi connectivity index (χ4v) is 5.95. The summed E-state index contributed by atoms with van der Waals surface area (Å²) in [6.07, 6.45) is -5.57. The maximum Gasteiger partial charge on any atom is 0.337 e. The van der Waals surface area contributed by atoms with Crippen molar-refractivity contribution in [2.24, 2.45) is 11.8 Å². The summed E-state index contributed by atoms with van der Waals surface area (Å²) in [5.74, 6) is -3.06. The standard InChI is InChI=1S/C28H34N2O11/c1-3-12-14(8-18-21-15(9-19(29-18)25(35)36)13-6-4-5-7-17(13)30-21)16(26(37)38-2)11-39-27(12)41-28-24(34)23(33)22(32)20(10-31)40-28/h3-7,11-12,14,18-20,22-24,27-34H,1,8-10H2,2H3,(H,35,36)/t12-,14+,18-,19+,20-,22-,23+,24-,27+,28+/m1/s1. The monoisotopic (exact) mass is 574 g/mol. The van der Waals surface area contributed by atoms with Crippen LogP contribution in [0.3, 0.4) is 0 Å². The average Bonchev–Trinajstić information content (AvgIpc) is 3.36. The van der Waals surface area contributed by atoms with Crippen LogP contribution in [0, 0.1) is 11.8 Å². The summed E-state index contributed by atoms with van der Waals surface area (Å²) in [4.78, 5) is 28.3. The van der Waals surface area contributed by atoms with Crippen molar-refractivity contribution in [2.75, 3.05) is 13.7 Å². The van der Waals surface area contributed by atoms with Crippen LogP contribution in [0.4, 0.5) is 0 Å². The highest BCUT2D eigenvalue weighted by atomic mass is 16.8. The van der Waals surface area contributed by atoms with E-state index in [9.17, 15) is 35.1 Å². The highest BCUT2D eigenvalue weighted by molar-refractivity contribution is 5.89. The lowest BCUT2D eigenvalue weighted by atomic mass is 9.77. The summed E-state index contributed by atoms with van der Waals surface area (Å²) in [6.45, 7) is 3.26. The molecule has 3 aliphatic rings. The van der Waals surface area contributed by atoms with Gasteiger partial charge in [-0.15, -0.1) is 6.58 Å². The third kappa shape index (κ3) is 5.37. The molecule has 0 aliphatic carbocycles. The maximum absolute atomic E-state index is 12.8. The number of carboxylic acid groups (broad SMARTS) is 1. The van der Waals surface area contributed by atoms with Crippen LogP contribution >= 0.6 is 0 Å². The number of esters is 1. The second kappa shape index (κ2) is 11.9. The molecule has 0 unspecified atom stereocenters. The van der Waals surface area contributed by atoms with E-state index < -0.39 is 79.5 Å². The van der Waals surface area contributed by atoms with E-state index in [0.717, 1.165) is 22.2 Å². The molecule has 222 valence electrons. The molecule has 0 saturated carbocycles. The Labute approximate surface area is 235 Å². The molecule has 0 bridgehead atoms. The molecule has 41 heavy (non-hydrogen) atoms. The number of nitrogens with one attached hydrogen (secondary N) is 2. The van der Waals surface area contributed by atoms with Crippen molar-refractivity contribution in [3.8, 4) is 0 Å². The molecule has 1 saturated heterocycles. The van der Waals surface area contributed by atoms with Crippen LogP contribution in [0.5, 0.6) is 0 Å². The van der Waals surface area contributed by atoms with Crippen molar-refractivity contribution in [3.63, 3.8) is 0 Å². The average molecular weight is 575 g/mol. The molecule has 5 rings (SSSR count). The van der Waals surface area contributed by atoms with Gasteiger partial charge in [0.05, 0.1) is 25.6 Å². The van der Waals surface area contributed by atoms with Gasteiger partial charge in [0, 0.05) is 40.9 Å². The van der Waals surface area contributed by atoms with Crippen molar-refractivity contribution < 1.29 is 54.1 Å². The van der Waals surface area contributed by atoms with Gasteiger partial charge in [-0.3, -0.25) is 10.1 Å². The van der Waals surface area contributed by atoms with Crippen LogP contribution in [0.15, 0.2) is 48.8 Å². The van der Waals surface area contributed by atoms with E-state index in [1.807, 2.05) is 24.3 Å². The first-order valence-electron chi connectivity index (χ1n) is 13.3. The van der Waals surface area contributed by atoms with Crippen LogP contribution < -0.4 is 5.32 Å². The molecule has 1 aromatic carbocycles. The van der Waals surface area contributed by atoms with E-state index in [4.69, 9.17) is 18.9 Å². The third-order valence-electron chi connectivity index (χ3n) is 8.11. The summed E-state index contributed by atoms with van der Waals surface area (Å²) in [5, 5.41) is 54.3. The number of benzene rings is 1. The van der Waals surface area contributed by atoms with Crippen molar-refractivity contribution in [1.82, 2.24) is 10.3 Å². The van der Waals surface area contributed by atoms with Gasteiger partial charge in [0.2, 0.25) is 6.29 Å². The first-order valence-corrected chi connectivity index (χ1v) is 13.3. The minimum atomic E-state index is -1.67. The Kier molecular flexibility index (Phi) is 8.47. The zero-order chi connectivity index (χ0) is 29.4. The van der Waals surface area contributed by atoms with Gasteiger partial charge in [0.15, 0.2) is 6.29 Å². The van der Waals surface area contributed by atoms with E-state index in [2.05, 4.69) is 16.9 Å². The number of hydrogen-bond acceptors (Lipinski definition) is 11.